The SMILES string of the molecule is CC1=CC(C2CC2)=NC(O/N=C(\C)c2sc(-c3cccnc3)nc2C)N1. The molecule has 1 aliphatic heterocycles. The third kappa shape index (κ3) is 3.67. The Labute approximate surface area is 156 Å². The lowest BCUT2D eigenvalue weighted by atomic mass is 10.2. The molecule has 1 atom stereocenters. The lowest BCUT2D eigenvalue weighted by molar-refractivity contribution is 0.0471. The summed E-state index contributed by atoms with van der Waals surface area (Å²) >= 11 is 1.59. The van der Waals surface area contributed by atoms with Crippen LogP contribution < -0.4 is 5.32 Å². The van der Waals surface area contributed by atoms with Gasteiger partial charge in [-0.05, 0) is 51.8 Å². The van der Waals surface area contributed by atoms with Gasteiger partial charge in [-0.15, -0.1) is 11.3 Å². The normalized spacial score (nSPS) is 20.3. The average molecular weight is 367 g/mol. The van der Waals surface area contributed by atoms with E-state index in [1.165, 1.54) is 12.8 Å². The highest BCUT2D eigenvalue weighted by atomic mass is 32.1. The minimum absolute atomic E-state index is 0.462. The standard InChI is InChI=1S/C19H21N5OS/c1-11-9-16(14-6-7-14)23-19(21-11)25-24-13(3)17-12(2)22-18(26-17)15-5-4-8-20-10-15/h4-5,8-10,14,19,21H,6-7H2,1-3H3/b24-13+. The molecule has 6 nitrogen and oxygen atoms in total. The predicted molar refractivity (Wildman–Crippen MR) is 104 cm³/mol. The molecular weight excluding hydrogens is 346 g/mol. The van der Waals surface area contributed by atoms with Crippen LogP contribution in [0.1, 0.15) is 37.3 Å². The van der Waals surface area contributed by atoms with Crippen LogP contribution in [0.4, 0.5) is 0 Å². The number of aryl methyl sites for hydroxylation is 1. The second-order valence-corrected chi connectivity index (χ2v) is 7.61. The summed E-state index contributed by atoms with van der Waals surface area (Å²) in [5, 5.41) is 8.45. The van der Waals surface area contributed by atoms with Crippen LogP contribution in [0.2, 0.25) is 0 Å². The van der Waals surface area contributed by atoms with Crippen molar-refractivity contribution in [2.24, 2.45) is 16.1 Å². The van der Waals surface area contributed by atoms with Crippen LogP contribution >= 0.6 is 11.3 Å². The van der Waals surface area contributed by atoms with Crippen LogP contribution in [-0.4, -0.2) is 27.7 Å². The van der Waals surface area contributed by atoms with Gasteiger partial charge >= 0.3 is 0 Å². The molecule has 0 bridgehead atoms. The number of pyridine rings is 1. The molecule has 0 saturated heterocycles. The molecule has 2 aromatic rings. The van der Waals surface area contributed by atoms with Crippen molar-refractivity contribution in [2.75, 3.05) is 0 Å². The molecule has 0 radical (unpaired) electrons. The molecule has 26 heavy (non-hydrogen) atoms. The third-order valence-corrected chi connectivity index (χ3v) is 5.62. The fourth-order valence-corrected chi connectivity index (χ4v) is 3.82. The van der Waals surface area contributed by atoms with Gasteiger partial charge in [-0.25, -0.2) is 9.98 Å². The summed E-state index contributed by atoms with van der Waals surface area (Å²) in [6.45, 7) is 5.95. The van der Waals surface area contributed by atoms with E-state index in [0.717, 1.165) is 38.3 Å². The zero-order valence-corrected chi connectivity index (χ0v) is 15.9. The fraction of sp³-hybridized carbons (Fsp3) is 0.368. The number of aliphatic imine (C=N–C) groups is 1. The Morgan fingerprint density at radius 3 is 2.92 bits per heavy atom. The van der Waals surface area contributed by atoms with Gasteiger partial charge in [0.15, 0.2) is 0 Å². The van der Waals surface area contributed by atoms with Gasteiger partial charge < -0.3 is 10.2 Å². The summed E-state index contributed by atoms with van der Waals surface area (Å²) in [4.78, 5) is 20.1. The highest BCUT2D eigenvalue weighted by molar-refractivity contribution is 7.17. The molecule has 7 heteroatoms. The lowest BCUT2D eigenvalue weighted by Crippen LogP contribution is -2.32. The van der Waals surface area contributed by atoms with Gasteiger partial charge in [0.1, 0.15) is 5.01 Å². The van der Waals surface area contributed by atoms with Crippen LogP contribution in [0.25, 0.3) is 10.6 Å². The highest BCUT2D eigenvalue weighted by Gasteiger charge is 2.29. The summed E-state index contributed by atoms with van der Waals surface area (Å²) in [5.41, 5.74) is 4.93. The molecule has 3 heterocycles. The maximum atomic E-state index is 5.66. The van der Waals surface area contributed by atoms with E-state index in [-0.39, 0.29) is 0 Å². The smallest absolute Gasteiger partial charge is 0.292 e. The average Bonchev–Trinajstić information content (AvgIpc) is 3.42. The molecule has 2 aliphatic rings. The molecule has 1 N–H and O–H groups in total. The molecule has 1 aliphatic carbocycles. The number of nitrogens with zero attached hydrogens (tertiary/aromatic N) is 4. The van der Waals surface area contributed by atoms with E-state index in [1.807, 2.05) is 39.1 Å². The molecule has 1 fully saturated rings. The summed E-state index contributed by atoms with van der Waals surface area (Å²) in [7, 11) is 0. The van der Waals surface area contributed by atoms with E-state index >= 15 is 0 Å². The Kier molecular flexibility index (Phi) is 4.55. The topological polar surface area (TPSA) is 71.8 Å². The van der Waals surface area contributed by atoms with Crippen molar-refractivity contribution in [1.29, 1.82) is 0 Å². The van der Waals surface area contributed by atoms with E-state index < -0.39 is 6.35 Å². The van der Waals surface area contributed by atoms with Crippen LogP contribution in [0, 0.1) is 12.8 Å². The first-order valence-electron chi connectivity index (χ1n) is 8.71. The summed E-state index contributed by atoms with van der Waals surface area (Å²) in [6, 6.07) is 3.92. The Morgan fingerprint density at radius 2 is 2.19 bits per heavy atom. The van der Waals surface area contributed by atoms with E-state index in [2.05, 4.69) is 31.5 Å². The largest absolute Gasteiger partial charge is 0.346 e. The predicted octanol–water partition coefficient (Wildman–Crippen LogP) is 3.90. The molecule has 2 aromatic heterocycles. The van der Waals surface area contributed by atoms with Crippen molar-refractivity contribution >= 4 is 22.8 Å². The van der Waals surface area contributed by atoms with Crippen LogP contribution in [0.5, 0.6) is 0 Å². The molecular formula is C19H21N5OS. The second kappa shape index (κ2) is 6.99. The minimum Gasteiger partial charge on any atom is -0.346 e. The van der Waals surface area contributed by atoms with Gasteiger partial charge in [0, 0.05) is 35.3 Å². The van der Waals surface area contributed by atoms with Gasteiger partial charge in [-0.2, -0.15) is 0 Å². The van der Waals surface area contributed by atoms with Crippen molar-refractivity contribution in [3.63, 3.8) is 0 Å². The zero-order valence-electron chi connectivity index (χ0n) is 15.1. The zero-order chi connectivity index (χ0) is 18.1. The summed E-state index contributed by atoms with van der Waals surface area (Å²) in [5.74, 6) is 0.592. The van der Waals surface area contributed by atoms with Gasteiger partial charge in [-0.1, -0.05) is 5.16 Å². The number of aromatic nitrogens is 2. The maximum absolute atomic E-state index is 5.66. The number of thiazole rings is 1. The first-order chi connectivity index (χ1) is 12.6. The van der Waals surface area contributed by atoms with Crippen LogP contribution in [-0.2, 0) is 4.84 Å². The van der Waals surface area contributed by atoms with Crippen molar-refractivity contribution < 1.29 is 4.84 Å². The Balaban J connectivity index is 1.50. The van der Waals surface area contributed by atoms with Gasteiger partial charge in [0.25, 0.3) is 6.35 Å². The molecule has 0 aromatic carbocycles. The van der Waals surface area contributed by atoms with Crippen molar-refractivity contribution in [1.82, 2.24) is 15.3 Å². The Hall–Kier alpha value is -2.54. The second-order valence-electron chi connectivity index (χ2n) is 6.61. The Bertz CT molecular complexity index is 896. The molecule has 134 valence electrons. The van der Waals surface area contributed by atoms with Crippen molar-refractivity contribution in [3.05, 3.63) is 46.9 Å². The number of hydrogen-bond donors (Lipinski definition) is 1. The monoisotopic (exact) mass is 367 g/mol. The fourth-order valence-electron chi connectivity index (χ4n) is 2.83. The molecule has 1 saturated carbocycles. The van der Waals surface area contributed by atoms with E-state index in [0.29, 0.717) is 5.92 Å². The van der Waals surface area contributed by atoms with E-state index in [1.54, 1.807) is 17.5 Å². The third-order valence-electron chi connectivity index (χ3n) is 4.30. The van der Waals surface area contributed by atoms with Gasteiger partial charge in [0.2, 0.25) is 0 Å². The Morgan fingerprint density at radius 1 is 1.35 bits per heavy atom. The maximum Gasteiger partial charge on any atom is 0.292 e. The molecule has 4 rings (SSSR count). The first kappa shape index (κ1) is 16.9. The number of hydrogen-bond acceptors (Lipinski definition) is 7. The summed E-state index contributed by atoms with van der Waals surface area (Å²) in [6.07, 6.45) is 7.65. The van der Waals surface area contributed by atoms with Crippen molar-refractivity contribution in [3.8, 4) is 10.6 Å². The van der Waals surface area contributed by atoms with E-state index in [9.17, 15) is 0 Å². The number of nitrogens with one attached hydrogen (secondary N) is 1. The number of rotatable bonds is 5. The van der Waals surface area contributed by atoms with Gasteiger partial charge in [0.05, 0.1) is 16.3 Å². The summed E-state index contributed by atoms with van der Waals surface area (Å²) < 4.78 is 0. The number of allylic oxidation sites excluding steroid dienone is 2. The first-order valence-corrected chi connectivity index (χ1v) is 9.53. The van der Waals surface area contributed by atoms with Crippen LogP contribution in [0.15, 0.2) is 46.4 Å². The quantitative estimate of drug-likeness (QED) is 0.643. The minimum atomic E-state index is -0.462. The molecule has 0 amide bonds. The molecule has 1 unspecified atom stereocenters. The number of oxime groups is 1. The lowest BCUT2D eigenvalue weighted by Gasteiger charge is -2.20. The van der Waals surface area contributed by atoms with Crippen molar-refractivity contribution in [2.45, 2.75) is 40.0 Å². The molecule has 0 spiro atoms. The van der Waals surface area contributed by atoms with Crippen LogP contribution in [0.3, 0.4) is 0 Å². The van der Waals surface area contributed by atoms with Gasteiger partial charge in [-0.3, -0.25) is 4.98 Å². The highest BCUT2D eigenvalue weighted by Crippen LogP contribution is 2.33. The van der Waals surface area contributed by atoms with E-state index in [4.69, 9.17) is 4.84 Å².